The summed E-state index contributed by atoms with van der Waals surface area (Å²) < 4.78 is 0. The molecule has 1 N–H and O–H groups in total. The maximum atomic E-state index is 6.08. The Hall–Kier alpha value is -1.74. The number of nitrogens with zero attached hydrogens (tertiary/aromatic N) is 2. The Bertz CT molecular complexity index is 608. The SMILES string of the molecule is CC(Nc1cccnc1N1CCCC1)c1cccc(Cl)c1. The number of pyridine rings is 1. The average molecular weight is 302 g/mol. The third-order valence-electron chi connectivity index (χ3n) is 3.91. The minimum absolute atomic E-state index is 0.189. The molecule has 0 amide bonds. The number of anilines is 2. The standard InChI is InChI=1S/C17H20ClN3/c1-13(14-6-4-7-15(18)12-14)20-16-8-5-9-19-17(16)21-10-2-3-11-21/h4-9,12-13,20H,2-3,10-11H2,1H3. The maximum Gasteiger partial charge on any atom is 0.151 e. The van der Waals surface area contributed by atoms with Gasteiger partial charge in [0.05, 0.1) is 5.69 Å². The van der Waals surface area contributed by atoms with Crippen molar-refractivity contribution in [1.82, 2.24) is 4.98 Å². The zero-order chi connectivity index (χ0) is 14.7. The lowest BCUT2D eigenvalue weighted by atomic mass is 10.1. The molecule has 1 unspecified atom stereocenters. The van der Waals surface area contributed by atoms with Gasteiger partial charge in [0.25, 0.3) is 0 Å². The van der Waals surface area contributed by atoms with Crippen LogP contribution in [-0.2, 0) is 0 Å². The summed E-state index contributed by atoms with van der Waals surface area (Å²) in [6, 6.07) is 12.3. The van der Waals surface area contributed by atoms with E-state index < -0.39 is 0 Å². The van der Waals surface area contributed by atoms with Gasteiger partial charge < -0.3 is 10.2 Å². The second-order valence-corrected chi connectivity index (χ2v) is 5.93. The van der Waals surface area contributed by atoms with Crippen molar-refractivity contribution in [2.75, 3.05) is 23.3 Å². The van der Waals surface area contributed by atoms with Gasteiger partial charge in [-0.3, -0.25) is 0 Å². The summed E-state index contributed by atoms with van der Waals surface area (Å²) in [6.07, 6.45) is 4.36. The Kier molecular flexibility index (Phi) is 4.30. The van der Waals surface area contributed by atoms with Crippen LogP contribution < -0.4 is 10.2 Å². The van der Waals surface area contributed by atoms with Crippen molar-refractivity contribution in [1.29, 1.82) is 0 Å². The molecule has 3 nitrogen and oxygen atoms in total. The first-order valence-electron chi connectivity index (χ1n) is 7.46. The number of benzene rings is 1. The molecule has 2 heterocycles. The fourth-order valence-corrected chi connectivity index (χ4v) is 2.98. The molecule has 1 saturated heterocycles. The van der Waals surface area contributed by atoms with Crippen LogP contribution in [0.1, 0.15) is 31.4 Å². The maximum absolute atomic E-state index is 6.08. The molecule has 1 fully saturated rings. The Morgan fingerprint density at radius 3 is 2.76 bits per heavy atom. The molecular weight excluding hydrogens is 282 g/mol. The summed E-state index contributed by atoms with van der Waals surface area (Å²) in [6.45, 7) is 4.33. The number of hydrogen-bond donors (Lipinski definition) is 1. The molecule has 4 heteroatoms. The summed E-state index contributed by atoms with van der Waals surface area (Å²) in [4.78, 5) is 6.92. The van der Waals surface area contributed by atoms with E-state index in [9.17, 15) is 0 Å². The normalized spacial score (nSPS) is 16.0. The van der Waals surface area contributed by atoms with E-state index in [1.807, 2.05) is 30.5 Å². The van der Waals surface area contributed by atoms with E-state index >= 15 is 0 Å². The number of aromatic nitrogens is 1. The predicted octanol–water partition coefficient (Wildman–Crippen LogP) is 4.51. The lowest BCUT2D eigenvalue weighted by Crippen LogP contribution is -2.21. The fourth-order valence-electron chi connectivity index (χ4n) is 2.78. The molecule has 0 radical (unpaired) electrons. The van der Waals surface area contributed by atoms with Gasteiger partial charge in [0.2, 0.25) is 0 Å². The zero-order valence-corrected chi connectivity index (χ0v) is 13.0. The topological polar surface area (TPSA) is 28.2 Å². The summed E-state index contributed by atoms with van der Waals surface area (Å²) in [5, 5.41) is 4.34. The number of hydrogen-bond acceptors (Lipinski definition) is 3. The molecule has 1 aliphatic heterocycles. The third-order valence-corrected chi connectivity index (χ3v) is 4.15. The van der Waals surface area contributed by atoms with Crippen molar-refractivity contribution in [2.24, 2.45) is 0 Å². The number of halogens is 1. The highest BCUT2D eigenvalue weighted by atomic mass is 35.5. The molecule has 0 aliphatic carbocycles. The van der Waals surface area contributed by atoms with Crippen LogP contribution in [0.5, 0.6) is 0 Å². The van der Waals surface area contributed by atoms with Crippen molar-refractivity contribution in [3.63, 3.8) is 0 Å². The van der Waals surface area contributed by atoms with Gasteiger partial charge in [0, 0.05) is 30.4 Å². The Morgan fingerprint density at radius 2 is 2.00 bits per heavy atom. The number of rotatable bonds is 4. The molecule has 1 atom stereocenters. The predicted molar refractivity (Wildman–Crippen MR) is 89.2 cm³/mol. The first-order chi connectivity index (χ1) is 10.2. The van der Waals surface area contributed by atoms with Crippen LogP contribution in [0.3, 0.4) is 0 Å². The largest absolute Gasteiger partial charge is 0.376 e. The average Bonchev–Trinajstić information content (AvgIpc) is 3.02. The van der Waals surface area contributed by atoms with Crippen molar-refractivity contribution >= 4 is 23.1 Å². The monoisotopic (exact) mass is 301 g/mol. The van der Waals surface area contributed by atoms with Crippen molar-refractivity contribution in [2.45, 2.75) is 25.8 Å². The summed E-state index contributed by atoms with van der Waals surface area (Å²) in [5.41, 5.74) is 2.27. The fraction of sp³-hybridized carbons (Fsp3) is 0.353. The van der Waals surface area contributed by atoms with Gasteiger partial charge in [-0.25, -0.2) is 4.98 Å². The van der Waals surface area contributed by atoms with E-state index in [-0.39, 0.29) is 6.04 Å². The van der Waals surface area contributed by atoms with Crippen LogP contribution in [-0.4, -0.2) is 18.1 Å². The molecular formula is C17H20ClN3. The molecule has 1 aliphatic rings. The van der Waals surface area contributed by atoms with Crippen molar-refractivity contribution in [3.8, 4) is 0 Å². The molecule has 0 spiro atoms. The van der Waals surface area contributed by atoms with Gasteiger partial charge >= 0.3 is 0 Å². The Labute approximate surface area is 131 Å². The molecule has 2 aromatic rings. The van der Waals surface area contributed by atoms with Crippen LogP contribution in [0.4, 0.5) is 11.5 Å². The highest BCUT2D eigenvalue weighted by Gasteiger charge is 2.18. The van der Waals surface area contributed by atoms with Crippen LogP contribution in [0.2, 0.25) is 5.02 Å². The van der Waals surface area contributed by atoms with Gasteiger partial charge in [-0.2, -0.15) is 0 Å². The van der Waals surface area contributed by atoms with E-state index in [4.69, 9.17) is 11.6 Å². The van der Waals surface area contributed by atoms with E-state index in [1.165, 1.54) is 18.4 Å². The van der Waals surface area contributed by atoms with Gasteiger partial charge in [-0.1, -0.05) is 23.7 Å². The first-order valence-corrected chi connectivity index (χ1v) is 7.84. The zero-order valence-electron chi connectivity index (χ0n) is 12.2. The van der Waals surface area contributed by atoms with Gasteiger partial charge in [0.1, 0.15) is 0 Å². The van der Waals surface area contributed by atoms with Crippen LogP contribution in [0.25, 0.3) is 0 Å². The van der Waals surface area contributed by atoms with Crippen LogP contribution in [0, 0.1) is 0 Å². The highest BCUT2D eigenvalue weighted by Crippen LogP contribution is 2.29. The van der Waals surface area contributed by atoms with Gasteiger partial charge in [0.15, 0.2) is 5.82 Å². The Balaban J connectivity index is 1.81. The minimum atomic E-state index is 0.189. The third kappa shape index (κ3) is 3.30. The summed E-state index contributed by atoms with van der Waals surface area (Å²) >= 11 is 6.08. The second-order valence-electron chi connectivity index (χ2n) is 5.49. The van der Waals surface area contributed by atoms with Crippen LogP contribution in [0.15, 0.2) is 42.6 Å². The molecule has 0 bridgehead atoms. The molecule has 110 valence electrons. The quantitative estimate of drug-likeness (QED) is 0.900. The number of nitrogens with one attached hydrogen (secondary N) is 1. The van der Waals surface area contributed by atoms with E-state index in [1.54, 1.807) is 0 Å². The van der Waals surface area contributed by atoms with E-state index in [0.717, 1.165) is 29.6 Å². The molecule has 1 aromatic carbocycles. The Morgan fingerprint density at radius 1 is 1.19 bits per heavy atom. The highest BCUT2D eigenvalue weighted by molar-refractivity contribution is 6.30. The summed E-state index contributed by atoms with van der Waals surface area (Å²) in [7, 11) is 0. The second kappa shape index (κ2) is 6.35. The lowest BCUT2D eigenvalue weighted by Gasteiger charge is -2.23. The minimum Gasteiger partial charge on any atom is -0.376 e. The summed E-state index contributed by atoms with van der Waals surface area (Å²) in [5.74, 6) is 1.06. The molecule has 21 heavy (non-hydrogen) atoms. The van der Waals surface area contributed by atoms with E-state index in [0.29, 0.717) is 0 Å². The van der Waals surface area contributed by atoms with E-state index in [2.05, 4.69) is 34.3 Å². The smallest absolute Gasteiger partial charge is 0.151 e. The lowest BCUT2D eigenvalue weighted by molar-refractivity contribution is 0.871. The van der Waals surface area contributed by atoms with Crippen molar-refractivity contribution in [3.05, 3.63) is 53.2 Å². The molecule has 3 rings (SSSR count). The first kappa shape index (κ1) is 14.2. The molecule has 1 aromatic heterocycles. The van der Waals surface area contributed by atoms with Crippen LogP contribution >= 0.6 is 11.6 Å². The van der Waals surface area contributed by atoms with Gasteiger partial charge in [-0.15, -0.1) is 0 Å². The van der Waals surface area contributed by atoms with Gasteiger partial charge in [-0.05, 0) is 49.6 Å². The molecule has 0 saturated carbocycles. The van der Waals surface area contributed by atoms with Crippen molar-refractivity contribution < 1.29 is 0 Å².